The van der Waals surface area contributed by atoms with Gasteiger partial charge in [0.2, 0.25) is 0 Å². The number of hydrogen-bond acceptors (Lipinski definition) is 6. The van der Waals surface area contributed by atoms with Crippen LogP contribution in [-0.2, 0) is 28.6 Å². The third-order valence-electron chi connectivity index (χ3n) is 8.66. The number of esters is 3. The molecule has 0 aliphatic heterocycles. The van der Waals surface area contributed by atoms with Gasteiger partial charge in [-0.15, -0.1) is 0 Å². The minimum atomic E-state index is -0.765. The Morgan fingerprint density at radius 3 is 1.24 bits per heavy atom. The topological polar surface area (TPSA) is 78.9 Å². The number of hydrogen-bond donors (Lipinski definition) is 0. The average molecular weight is 689 g/mol. The predicted molar refractivity (Wildman–Crippen MR) is 206 cm³/mol. The predicted octanol–water partition coefficient (Wildman–Crippen LogP) is 12.6. The second kappa shape index (κ2) is 38.4. The lowest BCUT2D eigenvalue weighted by atomic mass is 10.1. The molecule has 0 rings (SSSR count). The van der Waals surface area contributed by atoms with Gasteiger partial charge in [0.1, 0.15) is 13.2 Å². The third kappa shape index (κ3) is 36.7. The minimum absolute atomic E-state index is 0.0743. The molecule has 0 saturated carbocycles. The number of ether oxygens (including phenoxy) is 3. The summed E-state index contributed by atoms with van der Waals surface area (Å²) in [6.45, 7) is 6.41. The smallest absolute Gasteiger partial charge is 0.306 e. The lowest BCUT2D eigenvalue weighted by molar-refractivity contribution is -0.167. The van der Waals surface area contributed by atoms with Gasteiger partial charge in [0.05, 0.1) is 0 Å². The zero-order chi connectivity index (χ0) is 35.9. The Morgan fingerprint density at radius 1 is 0.429 bits per heavy atom. The van der Waals surface area contributed by atoms with Crippen LogP contribution in [0.3, 0.4) is 0 Å². The van der Waals surface area contributed by atoms with Gasteiger partial charge in [-0.2, -0.15) is 0 Å². The first-order valence-corrected chi connectivity index (χ1v) is 20.5. The Morgan fingerprint density at radius 2 is 0.796 bits per heavy atom. The molecule has 6 heteroatoms. The average Bonchev–Trinajstić information content (AvgIpc) is 3.10. The van der Waals surface area contributed by atoms with Crippen molar-refractivity contribution in [2.45, 2.75) is 207 Å². The zero-order valence-electron chi connectivity index (χ0n) is 32.2. The van der Waals surface area contributed by atoms with Crippen molar-refractivity contribution < 1.29 is 28.6 Å². The van der Waals surface area contributed by atoms with E-state index in [0.29, 0.717) is 19.3 Å². The van der Waals surface area contributed by atoms with E-state index in [2.05, 4.69) is 57.2 Å². The van der Waals surface area contributed by atoms with Gasteiger partial charge in [-0.1, -0.05) is 166 Å². The Balaban J connectivity index is 4.23. The first kappa shape index (κ1) is 46.6. The van der Waals surface area contributed by atoms with Gasteiger partial charge >= 0.3 is 17.9 Å². The maximum atomic E-state index is 12.5. The molecule has 0 spiro atoms. The number of rotatable bonds is 36. The molecule has 0 aliphatic rings. The van der Waals surface area contributed by atoms with E-state index in [1.54, 1.807) is 0 Å². The molecule has 0 amide bonds. The fourth-order valence-electron chi connectivity index (χ4n) is 5.57. The van der Waals surface area contributed by atoms with Crippen LogP contribution in [0.15, 0.2) is 36.5 Å². The van der Waals surface area contributed by atoms with Gasteiger partial charge in [-0.05, 0) is 51.4 Å². The normalized spacial score (nSPS) is 12.3. The zero-order valence-corrected chi connectivity index (χ0v) is 32.2. The molecule has 0 radical (unpaired) electrons. The van der Waals surface area contributed by atoms with E-state index >= 15 is 0 Å². The summed E-state index contributed by atoms with van der Waals surface area (Å²) in [7, 11) is 0. The molecule has 0 saturated heterocycles. The second-order valence-electron chi connectivity index (χ2n) is 13.5. The van der Waals surface area contributed by atoms with Crippen LogP contribution in [0.2, 0.25) is 0 Å². The quantitative estimate of drug-likeness (QED) is 0.0282. The largest absolute Gasteiger partial charge is 0.462 e. The van der Waals surface area contributed by atoms with Crippen LogP contribution in [-0.4, -0.2) is 37.2 Å². The number of unbranched alkanes of at least 4 members (excludes halogenated alkanes) is 19. The SMILES string of the molecule is CC/C=C\C/C=C\C/C=C\CCCCCCCCCC(=O)OCC(COC(=O)CCCCCCCCC)OC(=O)CCCCCCCCC. The van der Waals surface area contributed by atoms with E-state index in [1.807, 2.05) is 0 Å². The summed E-state index contributed by atoms with van der Waals surface area (Å²) in [5.74, 6) is -0.901. The van der Waals surface area contributed by atoms with Crippen LogP contribution >= 0.6 is 0 Å². The van der Waals surface area contributed by atoms with Gasteiger partial charge in [0, 0.05) is 19.3 Å². The molecule has 0 heterocycles. The summed E-state index contributed by atoms with van der Waals surface area (Å²) in [5, 5.41) is 0. The minimum Gasteiger partial charge on any atom is -0.462 e. The Kier molecular flexibility index (Phi) is 36.6. The van der Waals surface area contributed by atoms with Gasteiger partial charge in [0.25, 0.3) is 0 Å². The van der Waals surface area contributed by atoms with Crippen molar-refractivity contribution in [1.82, 2.24) is 0 Å². The molecule has 1 unspecified atom stereocenters. The monoisotopic (exact) mass is 689 g/mol. The molecule has 49 heavy (non-hydrogen) atoms. The molecule has 0 aromatic heterocycles. The summed E-state index contributed by atoms with van der Waals surface area (Å²) in [6, 6.07) is 0. The highest BCUT2D eigenvalue weighted by Crippen LogP contribution is 2.13. The summed E-state index contributed by atoms with van der Waals surface area (Å²) in [4.78, 5) is 37.3. The van der Waals surface area contributed by atoms with Crippen molar-refractivity contribution in [3.8, 4) is 0 Å². The fraction of sp³-hybridized carbons (Fsp3) is 0.791. The highest BCUT2D eigenvalue weighted by atomic mass is 16.6. The van der Waals surface area contributed by atoms with E-state index in [4.69, 9.17) is 14.2 Å². The number of carbonyl (C=O) groups excluding carboxylic acids is 3. The van der Waals surface area contributed by atoms with E-state index in [1.165, 1.54) is 77.0 Å². The lowest BCUT2D eigenvalue weighted by Gasteiger charge is -2.18. The summed E-state index contributed by atoms with van der Waals surface area (Å²) in [5.41, 5.74) is 0. The molecular formula is C43H76O6. The molecule has 0 aliphatic carbocycles. The lowest BCUT2D eigenvalue weighted by Crippen LogP contribution is -2.30. The maximum Gasteiger partial charge on any atom is 0.306 e. The molecule has 0 aromatic carbocycles. The highest BCUT2D eigenvalue weighted by Gasteiger charge is 2.19. The Labute approximate surface area is 302 Å². The summed E-state index contributed by atoms with van der Waals surface area (Å²) in [6.07, 6.45) is 41.5. The van der Waals surface area contributed by atoms with Crippen molar-refractivity contribution in [3.63, 3.8) is 0 Å². The number of allylic oxidation sites excluding steroid dienone is 6. The van der Waals surface area contributed by atoms with Crippen LogP contribution in [0, 0.1) is 0 Å². The molecule has 0 fully saturated rings. The van der Waals surface area contributed by atoms with Crippen LogP contribution in [0.25, 0.3) is 0 Å². The fourth-order valence-corrected chi connectivity index (χ4v) is 5.57. The Hall–Kier alpha value is -2.37. The highest BCUT2D eigenvalue weighted by molar-refractivity contribution is 5.71. The van der Waals surface area contributed by atoms with E-state index < -0.39 is 6.10 Å². The van der Waals surface area contributed by atoms with Crippen molar-refractivity contribution in [2.75, 3.05) is 13.2 Å². The van der Waals surface area contributed by atoms with Crippen LogP contribution < -0.4 is 0 Å². The standard InChI is InChI=1S/C43H76O6/c1-4-7-10-13-16-17-18-19-20-21-22-23-24-25-28-30-33-36-42(45)48-39-40(49-43(46)37-34-31-27-15-12-9-6-3)38-47-41(44)35-32-29-26-14-11-8-5-2/h7,10,16-17,19-20,40H,4-6,8-9,11-15,18,21-39H2,1-3H3/b10-7-,17-16-,20-19-. The molecule has 1 atom stereocenters. The van der Waals surface area contributed by atoms with Crippen LogP contribution in [0.5, 0.6) is 0 Å². The molecule has 0 bridgehead atoms. The van der Waals surface area contributed by atoms with Crippen molar-refractivity contribution >= 4 is 17.9 Å². The van der Waals surface area contributed by atoms with Gasteiger partial charge < -0.3 is 14.2 Å². The molecule has 6 nitrogen and oxygen atoms in total. The van der Waals surface area contributed by atoms with Crippen LogP contribution in [0.1, 0.15) is 201 Å². The van der Waals surface area contributed by atoms with E-state index in [-0.39, 0.29) is 31.1 Å². The van der Waals surface area contributed by atoms with Crippen molar-refractivity contribution in [1.29, 1.82) is 0 Å². The van der Waals surface area contributed by atoms with Gasteiger partial charge in [-0.25, -0.2) is 0 Å². The maximum absolute atomic E-state index is 12.5. The van der Waals surface area contributed by atoms with E-state index in [0.717, 1.165) is 83.5 Å². The van der Waals surface area contributed by atoms with Crippen LogP contribution in [0.4, 0.5) is 0 Å². The first-order chi connectivity index (χ1) is 24.0. The van der Waals surface area contributed by atoms with Gasteiger partial charge in [-0.3, -0.25) is 14.4 Å². The van der Waals surface area contributed by atoms with Crippen molar-refractivity contribution in [2.24, 2.45) is 0 Å². The molecule has 0 N–H and O–H groups in total. The molecule has 284 valence electrons. The molecule has 0 aromatic rings. The second-order valence-corrected chi connectivity index (χ2v) is 13.5. The molecular weight excluding hydrogens is 612 g/mol. The third-order valence-corrected chi connectivity index (χ3v) is 8.66. The summed E-state index contributed by atoms with van der Waals surface area (Å²) >= 11 is 0. The number of carbonyl (C=O) groups is 3. The van der Waals surface area contributed by atoms with Gasteiger partial charge in [0.15, 0.2) is 6.10 Å². The summed E-state index contributed by atoms with van der Waals surface area (Å²) < 4.78 is 16.5. The van der Waals surface area contributed by atoms with E-state index in [9.17, 15) is 14.4 Å². The Bertz CT molecular complexity index is 845. The first-order valence-electron chi connectivity index (χ1n) is 20.5. The van der Waals surface area contributed by atoms with Crippen molar-refractivity contribution in [3.05, 3.63) is 36.5 Å².